The van der Waals surface area contributed by atoms with Gasteiger partial charge in [-0.05, 0) is 55.0 Å². The molecule has 1 saturated heterocycles. The number of amides is 1. The second kappa shape index (κ2) is 7.55. The Hall–Kier alpha value is -3.80. The fourth-order valence-corrected chi connectivity index (χ4v) is 4.21. The van der Waals surface area contributed by atoms with Crippen LogP contribution in [0.3, 0.4) is 0 Å². The van der Waals surface area contributed by atoms with E-state index in [1.165, 1.54) is 5.69 Å². The van der Waals surface area contributed by atoms with Crippen LogP contribution in [0.2, 0.25) is 0 Å². The van der Waals surface area contributed by atoms with Gasteiger partial charge in [-0.25, -0.2) is 4.98 Å². The summed E-state index contributed by atoms with van der Waals surface area (Å²) in [5.74, 6) is -0.256. The average molecular weight is 397 g/mol. The summed E-state index contributed by atoms with van der Waals surface area (Å²) in [7, 11) is 0. The number of fused-ring (bicyclic) bond motifs is 1. The molecule has 6 heteroatoms. The molecule has 150 valence electrons. The van der Waals surface area contributed by atoms with Crippen LogP contribution in [-0.2, 0) is 0 Å². The van der Waals surface area contributed by atoms with Crippen LogP contribution in [0.15, 0.2) is 79.0 Å². The largest absolute Gasteiger partial charge is 0.371 e. The molecule has 1 unspecified atom stereocenters. The SMILES string of the molecule is NC(=O)c1c(C2CCN(c3ccc(Nc4ccccc4)cc3)C2)nc2ccccn12. The molecule has 6 nitrogen and oxygen atoms in total. The third-order valence-corrected chi connectivity index (χ3v) is 5.66. The van der Waals surface area contributed by atoms with Gasteiger partial charge in [0, 0.05) is 42.3 Å². The number of primary amides is 1. The Kier molecular flexibility index (Phi) is 4.59. The van der Waals surface area contributed by atoms with E-state index < -0.39 is 5.91 Å². The molecule has 4 aromatic rings. The summed E-state index contributed by atoms with van der Waals surface area (Å²) >= 11 is 0. The number of nitrogens with one attached hydrogen (secondary N) is 1. The number of rotatable bonds is 5. The average Bonchev–Trinajstić information content (AvgIpc) is 3.40. The lowest BCUT2D eigenvalue weighted by Gasteiger charge is -2.19. The zero-order chi connectivity index (χ0) is 20.5. The van der Waals surface area contributed by atoms with Crippen molar-refractivity contribution in [2.24, 2.45) is 5.73 Å². The molecule has 0 spiro atoms. The van der Waals surface area contributed by atoms with Gasteiger partial charge in [-0.15, -0.1) is 0 Å². The molecule has 0 bridgehead atoms. The second-order valence-electron chi connectivity index (χ2n) is 7.61. The highest BCUT2D eigenvalue weighted by Gasteiger charge is 2.30. The molecule has 1 aliphatic heterocycles. The molecule has 1 amide bonds. The van der Waals surface area contributed by atoms with Crippen molar-refractivity contribution in [3.63, 3.8) is 0 Å². The van der Waals surface area contributed by atoms with E-state index in [4.69, 9.17) is 10.7 Å². The van der Waals surface area contributed by atoms with Crippen molar-refractivity contribution in [2.75, 3.05) is 23.3 Å². The van der Waals surface area contributed by atoms with E-state index in [1.807, 2.05) is 54.7 Å². The zero-order valence-corrected chi connectivity index (χ0v) is 16.5. The van der Waals surface area contributed by atoms with Crippen molar-refractivity contribution in [1.29, 1.82) is 0 Å². The summed E-state index contributed by atoms with van der Waals surface area (Å²) in [4.78, 5) is 19.2. The van der Waals surface area contributed by atoms with Crippen LogP contribution in [0.1, 0.15) is 28.5 Å². The fraction of sp³-hybridized carbons (Fsp3) is 0.167. The van der Waals surface area contributed by atoms with Crippen molar-refractivity contribution in [1.82, 2.24) is 9.38 Å². The maximum absolute atomic E-state index is 12.1. The first-order chi connectivity index (χ1) is 14.7. The monoisotopic (exact) mass is 397 g/mol. The first-order valence-electron chi connectivity index (χ1n) is 10.1. The lowest BCUT2D eigenvalue weighted by Crippen LogP contribution is -2.21. The van der Waals surface area contributed by atoms with Crippen LogP contribution in [0.4, 0.5) is 17.1 Å². The zero-order valence-electron chi connectivity index (χ0n) is 16.5. The number of aromatic nitrogens is 2. The maximum atomic E-state index is 12.1. The topological polar surface area (TPSA) is 75.7 Å². The minimum atomic E-state index is -0.432. The van der Waals surface area contributed by atoms with Gasteiger partial charge in [0.15, 0.2) is 0 Å². The summed E-state index contributed by atoms with van der Waals surface area (Å²) in [5.41, 5.74) is 11.0. The second-order valence-corrected chi connectivity index (χ2v) is 7.61. The third kappa shape index (κ3) is 3.37. The third-order valence-electron chi connectivity index (χ3n) is 5.66. The van der Waals surface area contributed by atoms with Crippen LogP contribution in [0.5, 0.6) is 0 Å². The summed E-state index contributed by atoms with van der Waals surface area (Å²) in [6.45, 7) is 1.73. The molecule has 5 rings (SSSR count). The van der Waals surface area contributed by atoms with Gasteiger partial charge in [-0.2, -0.15) is 0 Å². The Balaban J connectivity index is 1.34. The van der Waals surface area contributed by atoms with E-state index in [-0.39, 0.29) is 5.92 Å². The van der Waals surface area contributed by atoms with Crippen LogP contribution in [0, 0.1) is 0 Å². The van der Waals surface area contributed by atoms with E-state index in [0.717, 1.165) is 42.2 Å². The van der Waals surface area contributed by atoms with Gasteiger partial charge in [0.25, 0.3) is 5.91 Å². The van der Waals surface area contributed by atoms with Gasteiger partial charge in [0.2, 0.25) is 0 Å². The molecule has 0 saturated carbocycles. The number of imidazole rings is 1. The molecule has 30 heavy (non-hydrogen) atoms. The Morgan fingerprint density at radius 1 is 0.967 bits per heavy atom. The Morgan fingerprint density at radius 2 is 1.70 bits per heavy atom. The van der Waals surface area contributed by atoms with Gasteiger partial charge in [-0.1, -0.05) is 24.3 Å². The molecule has 1 aliphatic rings. The Bertz CT molecular complexity index is 1180. The van der Waals surface area contributed by atoms with E-state index in [1.54, 1.807) is 4.40 Å². The summed E-state index contributed by atoms with van der Waals surface area (Å²) in [6, 6.07) is 24.3. The molecule has 2 aromatic heterocycles. The number of hydrogen-bond donors (Lipinski definition) is 2. The first kappa shape index (κ1) is 18.2. The maximum Gasteiger partial charge on any atom is 0.267 e. The Labute approximate surface area is 175 Å². The summed E-state index contributed by atoms with van der Waals surface area (Å²) < 4.78 is 1.80. The van der Waals surface area contributed by atoms with Gasteiger partial charge in [0.1, 0.15) is 11.3 Å². The number of anilines is 3. The normalized spacial score (nSPS) is 16.1. The van der Waals surface area contributed by atoms with E-state index in [9.17, 15) is 4.79 Å². The number of carbonyl (C=O) groups is 1. The van der Waals surface area contributed by atoms with Crippen molar-refractivity contribution < 1.29 is 4.79 Å². The lowest BCUT2D eigenvalue weighted by molar-refractivity contribution is 0.0993. The molecule has 3 N–H and O–H groups in total. The highest BCUT2D eigenvalue weighted by Crippen LogP contribution is 2.33. The summed E-state index contributed by atoms with van der Waals surface area (Å²) in [6.07, 6.45) is 2.78. The smallest absolute Gasteiger partial charge is 0.267 e. The number of carbonyl (C=O) groups excluding carboxylic acids is 1. The van der Waals surface area contributed by atoms with Crippen LogP contribution in [0.25, 0.3) is 5.65 Å². The minimum absolute atomic E-state index is 0.175. The van der Waals surface area contributed by atoms with Crippen molar-refractivity contribution in [3.05, 3.63) is 90.4 Å². The van der Waals surface area contributed by atoms with Crippen molar-refractivity contribution in [3.8, 4) is 0 Å². The van der Waals surface area contributed by atoms with Crippen molar-refractivity contribution in [2.45, 2.75) is 12.3 Å². The highest BCUT2D eigenvalue weighted by molar-refractivity contribution is 5.93. The van der Waals surface area contributed by atoms with Crippen LogP contribution < -0.4 is 16.0 Å². The molecular weight excluding hydrogens is 374 g/mol. The predicted octanol–water partition coefficient (Wildman–Crippen LogP) is 4.17. The molecule has 2 aromatic carbocycles. The number of benzene rings is 2. The molecule has 3 heterocycles. The van der Waals surface area contributed by atoms with E-state index in [0.29, 0.717) is 5.69 Å². The summed E-state index contributed by atoms with van der Waals surface area (Å²) in [5, 5.41) is 3.41. The number of pyridine rings is 1. The van der Waals surface area contributed by atoms with E-state index in [2.05, 4.69) is 34.5 Å². The number of hydrogen-bond acceptors (Lipinski definition) is 4. The fourth-order valence-electron chi connectivity index (χ4n) is 4.21. The minimum Gasteiger partial charge on any atom is -0.371 e. The van der Waals surface area contributed by atoms with Gasteiger partial charge in [0.05, 0.1) is 5.69 Å². The molecule has 0 radical (unpaired) electrons. The Morgan fingerprint density at radius 3 is 2.47 bits per heavy atom. The lowest BCUT2D eigenvalue weighted by atomic mass is 10.0. The van der Waals surface area contributed by atoms with Gasteiger partial charge >= 0.3 is 0 Å². The van der Waals surface area contributed by atoms with Gasteiger partial charge in [-0.3, -0.25) is 9.20 Å². The highest BCUT2D eigenvalue weighted by atomic mass is 16.1. The number of para-hydroxylation sites is 1. The number of nitrogens with zero attached hydrogens (tertiary/aromatic N) is 3. The molecule has 0 aliphatic carbocycles. The van der Waals surface area contributed by atoms with E-state index >= 15 is 0 Å². The van der Waals surface area contributed by atoms with Crippen LogP contribution in [-0.4, -0.2) is 28.4 Å². The predicted molar refractivity (Wildman–Crippen MR) is 119 cm³/mol. The number of nitrogens with two attached hydrogens (primary N) is 1. The molecular formula is C24H23N5O. The first-order valence-corrected chi connectivity index (χ1v) is 10.1. The standard InChI is InChI=1S/C24H23N5O/c25-24(30)23-22(27-21-8-4-5-14-29(21)23)17-13-15-28(16-17)20-11-9-19(10-12-20)26-18-6-2-1-3-7-18/h1-12,14,17,26H,13,15-16H2,(H2,25,30). The molecule has 1 atom stereocenters. The quantitative estimate of drug-likeness (QED) is 0.530. The van der Waals surface area contributed by atoms with Crippen molar-refractivity contribution >= 4 is 28.6 Å². The van der Waals surface area contributed by atoms with Crippen LogP contribution >= 0.6 is 0 Å². The van der Waals surface area contributed by atoms with Gasteiger partial charge < -0.3 is 16.0 Å². The molecule has 1 fully saturated rings.